The number of benzene rings is 1. The number of alkyl halides is 1. The molecule has 0 fully saturated rings. The Morgan fingerprint density at radius 3 is 2.94 bits per heavy atom. The highest BCUT2D eigenvalue weighted by Gasteiger charge is 2.06. The van der Waals surface area contributed by atoms with E-state index < -0.39 is 0 Å². The fourth-order valence-corrected chi connectivity index (χ4v) is 1.40. The van der Waals surface area contributed by atoms with Crippen molar-refractivity contribution in [1.29, 1.82) is 0 Å². The van der Waals surface area contributed by atoms with Crippen LogP contribution >= 0.6 is 0 Å². The fraction of sp³-hybridized carbons (Fsp3) is 0.500. The zero-order chi connectivity index (χ0) is 11.8. The van der Waals surface area contributed by atoms with Crippen LogP contribution in [0.2, 0.25) is 0 Å². The molecule has 0 atom stereocenters. The van der Waals surface area contributed by atoms with E-state index in [4.69, 9.17) is 4.74 Å². The molecule has 0 heterocycles. The van der Waals surface area contributed by atoms with E-state index in [-0.39, 0.29) is 12.4 Å². The molecule has 4 heteroatoms. The summed E-state index contributed by atoms with van der Waals surface area (Å²) in [6.45, 7) is 3.19. The van der Waals surface area contributed by atoms with E-state index in [0.717, 1.165) is 5.56 Å². The van der Waals surface area contributed by atoms with E-state index >= 15 is 0 Å². The lowest BCUT2D eigenvalue weighted by molar-refractivity contribution is 0.316. The maximum absolute atomic E-state index is 11.9. The summed E-state index contributed by atoms with van der Waals surface area (Å²) in [5, 5.41) is 12.9. The number of ether oxygens (including phenoxy) is 1. The van der Waals surface area contributed by atoms with E-state index in [0.29, 0.717) is 31.9 Å². The van der Waals surface area contributed by atoms with Gasteiger partial charge in [0.15, 0.2) is 11.5 Å². The van der Waals surface area contributed by atoms with Gasteiger partial charge in [-0.3, -0.25) is 4.39 Å². The molecule has 0 bridgehead atoms. The molecule has 0 unspecified atom stereocenters. The molecule has 3 nitrogen and oxygen atoms in total. The number of phenolic OH excluding ortho intramolecular Hbond substituents is 1. The summed E-state index contributed by atoms with van der Waals surface area (Å²) in [6.07, 6.45) is 0.492. The molecule has 90 valence electrons. The second-order valence-electron chi connectivity index (χ2n) is 3.42. The summed E-state index contributed by atoms with van der Waals surface area (Å²) in [5.41, 5.74) is 0.768. The van der Waals surface area contributed by atoms with Crippen LogP contribution in [0.3, 0.4) is 0 Å². The zero-order valence-electron chi connectivity index (χ0n) is 9.50. The predicted octanol–water partition coefficient (Wildman–Crippen LogP) is 2.24. The van der Waals surface area contributed by atoms with Crippen LogP contribution < -0.4 is 10.1 Å². The second-order valence-corrected chi connectivity index (χ2v) is 3.42. The summed E-state index contributed by atoms with van der Waals surface area (Å²) < 4.78 is 17.1. The first kappa shape index (κ1) is 12.8. The van der Waals surface area contributed by atoms with Gasteiger partial charge in [0, 0.05) is 12.1 Å². The van der Waals surface area contributed by atoms with Gasteiger partial charge in [-0.25, -0.2) is 0 Å². The molecule has 0 aromatic heterocycles. The topological polar surface area (TPSA) is 41.5 Å². The van der Waals surface area contributed by atoms with E-state index in [2.05, 4.69) is 5.32 Å². The molecule has 0 spiro atoms. The Morgan fingerprint density at radius 2 is 2.25 bits per heavy atom. The number of phenols is 1. The van der Waals surface area contributed by atoms with Gasteiger partial charge in [0.2, 0.25) is 0 Å². The Hall–Kier alpha value is -1.29. The molecule has 0 aliphatic rings. The van der Waals surface area contributed by atoms with Crippen molar-refractivity contribution >= 4 is 0 Å². The van der Waals surface area contributed by atoms with Gasteiger partial charge in [-0.15, -0.1) is 0 Å². The Labute approximate surface area is 95.2 Å². The SMILES string of the molecule is CCOc1cccc(CNCCCF)c1O. The van der Waals surface area contributed by atoms with Crippen molar-refractivity contribution in [3.8, 4) is 11.5 Å². The Kier molecular flexibility index (Phi) is 5.64. The van der Waals surface area contributed by atoms with Gasteiger partial charge < -0.3 is 15.2 Å². The van der Waals surface area contributed by atoms with Crippen molar-refractivity contribution < 1.29 is 14.2 Å². The van der Waals surface area contributed by atoms with Crippen molar-refractivity contribution in [2.45, 2.75) is 19.9 Å². The van der Waals surface area contributed by atoms with Gasteiger partial charge in [0.05, 0.1) is 13.3 Å². The summed E-state index contributed by atoms with van der Waals surface area (Å²) in [5.74, 6) is 0.657. The van der Waals surface area contributed by atoms with E-state index in [9.17, 15) is 9.50 Å². The molecule has 0 aliphatic carbocycles. The maximum Gasteiger partial charge on any atom is 0.162 e. The van der Waals surface area contributed by atoms with Gasteiger partial charge in [-0.1, -0.05) is 12.1 Å². The summed E-state index contributed by atoms with van der Waals surface area (Å²) in [6, 6.07) is 5.38. The molecule has 16 heavy (non-hydrogen) atoms. The fourth-order valence-electron chi connectivity index (χ4n) is 1.40. The smallest absolute Gasteiger partial charge is 0.162 e. The first-order valence-corrected chi connectivity index (χ1v) is 5.50. The summed E-state index contributed by atoms with van der Waals surface area (Å²) in [7, 11) is 0. The highest BCUT2D eigenvalue weighted by atomic mass is 19.1. The van der Waals surface area contributed by atoms with Gasteiger partial charge >= 0.3 is 0 Å². The Balaban J connectivity index is 2.55. The minimum atomic E-state index is -0.321. The van der Waals surface area contributed by atoms with E-state index in [1.807, 2.05) is 19.1 Å². The number of para-hydroxylation sites is 1. The average Bonchev–Trinajstić information content (AvgIpc) is 2.29. The molecule has 2 N–H and O–H groups in total. The van der Waals surface area contributed by atoms with Crippen LogP contribution in [-0.2, 0) is 6.54 Å². The largest absolute Gasteiger partial charge is 0.504 e. The van der Waals surface area contributed by atoms with Gasteiger partial charge in [-0.2, -0.15) is 0 Å². The standard InChI is InChI=1S/C12H18FNO2/c1-2-16-11-6-3-5-10(12(11)15)9-14-8-4-7-13/h3,5-6,14-15H,2,4,7-9H2,1H3. The quantitative estimate of drug-likeness (QED) is 0.702. The van der Waals surface area contributed by atoms with Crippen LogP contribution in [0.4, 0.5) is 4.39 Å². The third-order valence-electron chi connectivity index (χ3n) is 2.19. The molecule has 0 radical (unpaired) electrons. The van der Waals surface area contributed by atoms with E-state index in [1.54, 1.807) is 6.07 Å². The maximum atomic E-state index is 11.9. The van der Waals surface area contributed by atoms with Crippen molar-refractivity contribution in [1.82, 2.24) is 5.32 Å². The van der Waals surface area contributed by atoms with Crippen LogP contribution in [0.15, 0.2) is 18.2 Å². The normalized spacial score (nSPS) is 10.4. The first-order chi connectivity index (χ1) is 7.79. The highest BCUT2D eigenvalue weighted by Crippen LogP contribution is 2.29. The predicted molar refractivity (Wildman–Crippen MR) is 61.6 cm³/mol. The molecule has 0 saturated heterocycles. The van der Waals surface area contributed by atoms with Crippen molar-refractivity contribution in [3.63, 3.8) is 0 Å². The lowest BCUT2D eigenvalue weighted by Gasteiger charge is -2.10. The van der Waals surface area contributed by atoms with E-state index in [1.165, 1.54) is 0 Å². The number of halogens is 1. The molecule has 0 amide bonds. The summed E-state index contributed by atoms with van der Waals surface area (Å²) in [4.78, 5) is 0. The number of nitrogens with one attached hydrogen (secondary N) is 1. The number of aromatic hydroxyl groups is 1. The van der Waals surface area contributed by atoms with Crippen LogP contribution in [-0.4, -0.2) is 24.9 Å². The third kappa shape index (κ3) is 3.70. The molecular formula is C12H18FNO2. The third-order valence-corrected chi connectivity index (χ3v) is 2.19. The minimum absolute atomic E-state index is 0.164. The number of rotatable bonds is 7. The molecule has 0 saturated carbocycles. The molecule has 0 aliphatic heterocycles. The molecule has 1 aromatic carbocycles. The van der Waals surface area contributed by atoms with Crippen LogP contribution in [0.25, 0.3) is 0 Å². The summed E-state index contributed by atoms with van der Waals surface area (Å²) >= 11 is 0. The van der Waals surface area contributed by atoms with Gasteiger partial charge in [0.1, 0.15) is 0 Å². The van der Waals surface area contributed by atoms with Crippen molar-refractivity contribution in [2.75, 3.05) is 19.8 Å². The van der Waals surface area contributed by atoms with Crippen LogP contribution in [0.1, 0.15) is 18.9 Å². The Morgan fingerprint density at radius 1 is 1.44 bits per heavy atom. The lowest BCUT2D eigenvalue weighted by Crippen LogP contribution is -2.15. The van der Waals surface area contributed by atoms with Crippen LogP contribution in [0, 0.1) is 0 Å². The van der Waals surface area contributed by atoms with Crippen LogP contribution in [0.5, 0.6) is 11.5 Å². The average molecular weight is 227 g/mol. The first-order valence-electron chi connectivity index (χ1n) is 5.50. The van der Waals surface area contributed by atoms with Gasteiger partial charge in [-0.05, 0) is 26.0 Å². The molecule has 1 aromatic rings. The number of hydrogen-bond acceptors (Lipinski definition) is 3. The number of hydrogen-bond donors (Lipinski definition) is 2. The van der Waals surface area contributed by atoms with Crippen molar-refractivity contribution in [2.24, 2.45) is 0 Å². The lowest BCUT2D eigenvalue weighted by atomic mass is 10.2. The Bertz CT molecular complexity index is 318. The van der Waals surface area contributed by atoms with Crippen molar-refractivity contribution in [3.05, 3.63) is 23.8 Å². The second kappa shape index (κ2) is 7.06. The highest BCUT2D eigenvalue weighted by molar-refractivity contribution is 5.45. The molecule has 1 rings (SSSR count). The molecular weight excluding hydrogens is 209 g/mol. The minimum Gasteiger partial charge on any atom is -0.504 e. The van der Waals surface area contributed by atoms with Gasteiger partial charge in [0.25, 0.3) is 0 Å². The monoisotopic (exact) mass is 227 g/mol. The zero-order valence-corrected chi connectivity index (χ0v) is 9.50.